The number of amides is 1. The van der Waals surface area contributed by atoms with Crippen LogP contribution in [-0.2, 0) is 4.79 Å². The number of primary amides is 1. The first-order valence-electron chi connectivity index (χ1n) is 3.27. The molecular formula is C7H10N2OS. The Hall–Kier alpha value is -0.870. The van der Waals surface area contributed by atoms with Gasteiger partial charge in [-0.05, 0) is 11.4 Å². The normalized spacial score (nSPS) is 12.8. The standard InChI is InChI=1S/C7H10N2OS/c8-5(4-7(9)10)6-2-1-3-11-6/h1-3,5H,4,8H2,(H2,9,10). The number of carbonyl (C=O) groups is 1. The van der Waals surface area contributed by atoms with Crippen LogP contribution in [0.4, 0.5) is 0 Å². The second kappa shape index (κ2) is 3.50. The molecule has 3 nitrogen and oxygen atoms in total. The summed E-state index contributed by atoms with van der Waals surface area (Å²) >= 11 is 1.54. The molecule has 1 heterocycles. The number of thiophene rings is 1. The summed E-state index contributed by atoms with van der Waals surface area (Å²) in [4.78, 5) is 11.5. The highest BCUT2D eigenvalue weighted by molar-refractivity contribution is 7.10. The van der Waals surface area contributed by atoms with E-state index in [1.807, 2.05) is 17.5 Å². The Morgan fingerprint density at radius 3 is 2.91 bits per heavy atom. The van der Waals surface area contributed by atoms with Crippen LogP contribution in [0.25, 0.3) is 0 Å². The summed E-state index contributed by atoms with van der Waals surface area (Å²) in [6.07, 6.45) is 0.223. The molecule has 0 aliphatic carbocycles. The quantitative estimate of drug-likeness (QED) is 0.698. The molecule has 11 heavy (non-hydrogen) atoms. The average molecular weight is 170 g/mol. The summed E-state index contributed by atoms with van der Waals surface area (Å²) in [6.45, 7) is 0. The van der Waals surface area contributed by atoms with Crippen molar-refractivity contribution in [1.82, 2.24) is 0 Å². The molecule has 0 aliphatic heterocycles. The van der Waals surface area contributed by atoms with E-state index in [4.69, 9.17) is 11.5 Å². The van der Waals surface area contributed by atoms with Crippen molar-refractivity contribution in [3.05, 3.63) is 22.4 Å². The predicted molar refractivity (Wildman–Crippen MR) is 45.1 cm³/mol. The molecule has 1 aromatic rings. The van der Waals surface area contributed by atoms with Crippen molar-refractivity contribution in [1.29, 1.82) is 0 Å². The smallest absolute Gasteiger partial charge is 0.219 e. The Kier molecular flexibility index (Phi) is 2.62. The summed E-state index contributed by atoms with van der Waals surface area (Å²) in [5, 5.41) is 1.93. The van der Waals surface area contributed by atoms with Gasteiger partial charge in [0.15, 0.2) is 0 Å². The third-order valence-electron chi connectivity index (χ3n) is 1.33. The maximum Gasteiger partial charge on any atom is 0.219 e. The predicted octanol–water partition coefficient (Wildman–Crippen LogP) is 0.623. The molecule has 1 atom stereocenters. The van der Waals surface area contributed by atoms with E-state index in [0.717, 1.165) is 4.88 Å². The first-order chi connectivity index (χ1) is 5.20. The molecule has 0 spiro atoms. The van der Waals surface area contributed by atoms with Crippen molar-refractivity contribution < 1.29 is 4.79 Å². The van der Waals surface area contributed by atoms with Gasteiger partial charge in [0.1, 0.15) is 0 Å². The molecule has 1 rings (SSSR count). The van der Waals surface area contributed by atoms with Crippen molar-refractivity contribution in [2.45, 2.75) is 12.5 Å². The fourth-order valence-corrected chi connectivity index (χ4v) is 1.55. The van der Waals surface area contributed by atoms with Gasteiger partial charge in [0.05, 0.1) is 0 Å². The lowest BCUT2D eigenvalue weighted by atomic mass is 10.2. The monoisotopic (exact) mass is 170 g/mol. The topological polar surface area (TPSA) is 69.1 Å². The molecule has 0 bridgehead atoms. The molecule has 60 valence electrons. The molecular weight excluding hydrogens is 160 g/mol. The molecule has 0 radical (unpaired) electrons. The van der Waals surface area contributed by atoms with Crippen molar-refractivity contribution in [2.24, 2.45) is 11.5 Å². The van der Waals surface area contributed by atoms with E-state index in [9.17, 15) is 4.79 Å². The van der Waals surface area contributed by atoms with E-state index in [-0.39, 0.29) is 18.4 Å². The Morgan fingerprint density at radius 1 is 1.73 bits per heavy atom. The van der Waals surface area contributed by atoms with Crippen LogP contribution in [0.3, 0.4) is 0 Å². The van der Waals surface area contributed by atoms with Crippen LogP contribution in [0.1, 0.15) is 17.3 Å². The van der Waals surface area contributed by atoms with Gasteiger partial charge in [0.2, 0.25) is 5.91 Å². The molecule has 0 saturated carbocycles. The fourth-order valence-electron chi connectivity index (χ4n) is 0.820. The van der Waals surface area contributed by atoms with Gasteiger partial charge >= 0.3 is 0 Å². The lowest BCUT2D eigenvalue weighted by Crippen LogP contribution is -2.19. The van der Waals surface area contributed by atoms with Crippen LogP contribution >= 0.6 is 11.3 Å². The highest BCUT2D eigenvalue weighted by Crippen LogP contribution is 2.18. The van der Waals surface area contributed by atoms with Crippen molar-refractivity contribution in [2.75, 3.05) is 0 Å². The van der Waals surface area contributed by atoms with Crippen LogP contribution in [0.2, 0.25) is 0 Å². The summed E-state index contributed by atoms with van der Waals surface area (Å²) in [5.41, 5.74) is 10.6. The molecule has 1 unspecified atom stereocenters. The zero-order valence-electron chi connectivity index (χ0n) is 5.99. The van der Waals surface area contributed by atoms with E-state index in [2.05, 4.69) is 0 Å². The minimum Gasteiger partial charge on any atom is -0.370 e. The Bertz CT molecular complexity index is 233. The van der Waals surface area contributed by atoms with Crippen molar-refractivity contribution >= 4 is 17.2 Å². The maximum absolute atomic E-state index is 10.5. The lowest BCUT2D eigenvalue weighted by Gasteiger charge is -2.04. The second-order valence-corrected chi connectivity index (χ2v) is 3.27. The highest BCUT2D eigenvalue weighted by Gasteiger charge is 2.08. The third kappa shape index (κ3) is 2.32. The molecule has 1 aromatic heterocycles. The molecule has 4 heteroatoms. The number of hydrogen-bond donors (Lipinski definition) is 2. The third-order valence-corrected chi connectivity index (χ3v) is 2.33. The zero-order valence-corrected chi connectivity index (χ0v) is 6.80. The fraction of sp³-hybridized carbons (Fsp3) is 0.286. The summed E-state index contributed by atoms with van der Waals surface area (Å²) in [5.74, 6) is -0.356. The average Bonchev–Trinajstić information content (AvgIpc) is 2.35. The lowest BCUT2D eigenvalue weighted by molar-refractivity contribution is -0.118. The van der Waals surface area contributed by atoms with Gasteiger partial charge in [0, 0.05) is 17.3 Å². The summed E-state index contributed by atoms with van der Waals surface area (Å²) in [7, 11) is 0. The van der Waals surface area contributed by atoms with Crippen molar-refractivity contribution in [3.63, 3.8) is 0 Å². The largest absolute Gasteiger partial charge is 0.370 e. The van der Waals surface area contributed by atoms with Gasteiger partial charge in [-0.3, -0.25) is 4.79 Å². The first-order valence-corrected chi connectivity index (χ1v) is 4.15. The molecule has 1 amide bonds. The van der Waals surface area contributed by atoms with E-state index in [0.29, 0.717) is 0 Å². The second-order valence-electron chi connectivity index (χ2n) is 2.29. The Morgan fingerprint density at radius 2 is 2.45 bits per heavy atom. The number of nitrogens with two attached hydrogens (primary N) is 2. The van der Waals surface area contributed by atoms with Crippen LogP contribution in [0.5, 0.6) is 0 Å². The minimum absolute atomic E-state index is 0.223. The van der Waals surface area contributed by atoms with Crippen LogP contribution in [0, 0.1) is 0 Å². The minimum atomic E-state index is -0.356. The Labute approximate surface area is 69.0 Å². The van der Waals surface area contributed by atoms with E-state index < -0.39 is 0 Å². The van der Waals surface area contributed by atoms with Gasteiger partial charge in [-0.15, -0.1) is 11.3 Å². The highest BCUT2D eigenvalue weighted by atomic mass is 32.1. The van der Waals surface area contributed by atoms with Gasteiger partial charge in [0.25, 0.3) is 0 Å². The summed E-state index contributed by atoms with van der Waals surface area (Å²) < 4.78 is 0. The first kappa shape index (κ1) is 8.23. The van der Waals surface area contributed by atoms with Gasteiger partial charge in [-0.2, -0.15) is 0 Å². The molecule has 0 aromatic carbocycles. The zero-order chi connectivity index (χ0) is 8.27. The summed E-state index contributed by atoms with van der Waals surface area (Å²) in [6, 6.07) is 3.58. The van der Waals surface area contributed by atoms with Crippen LogP contribution < -0.4 is 11.5 Å². The van der Waals surface area contributed by atoms with Crippen LogP contribution in [0.15, 0.2) is 17.5 Å². The van der Waals surface area contributed by atoms with E-state index in [1.54, 1.807) is 11.3 Å². The molecule has 4 N–H and O–H groups in total. The Balaban J connectivity index is 2.56. The molecule has 0 aliphatic rings. The van der Waals surface area contributed by atoms with Gasteiger partial charge in [-0.25, -0.2) is 0 Å². The van der Waals surface area contributed by atoms with E-state index in [1.165, 1.54) is 0 Å². The number of hydrogen-bond acceptors (Lipinski definition) is 3. The van der Waals surface area contributed by atoms with Gasteiger partial charge in [-0.1, -0.05) is 6.07 Å². The van der Waals surface area contributed by atoms with E-state index >= 15 is 0 Å². The molecule has 0 fully saturated rings. The SMILES string of the molecule is NC(=O)CC(N)c1cccs1. The maximum atomic E-state index is 10.5. The van der Waals surface area contributed by atoms with Gasteiger partial charge < -0.3 is 11.5 Å². The number of rotatable bonds is 3. The number of carbonyl (C=O) groups excluding carboxylic acids is 1. The van der Waals surface area contributed by atoms with Crippen molar-refractivity contribution in [3.8, 4) is 0 Å². The van der Waals surface area contributed by atoms with Crippen LogP contribution in [-0.4, -0.2) is 5.91 Å². The molecule has 0 saturated heterocycles.